The molecule has 1 rings (SSSR count). The number of hydrogen-bond acceptors (Lipinski definition) is 4. The molecule has 0 unspecified atom stereocenters. The third kappa shape index (κ3) is 5.12. The first-order valence-corrected chi connectivity index (χ1v) is 8.43. The molecule has 22 heavy (non-hydrogen) atoms. The molecule has 0 bridgehead atoms. The standard InChI is InChI=1S/C14H21N3O4S/c1-4-17(5-2)14(19)10-15-22(20,21)13-8-6-12(7-9-13)16-11(3)18/h6-9,15H,4-5,10H2,1-3H3,(H,16,18). The minimum Gasteiger partial charge on any atom is -0.342 e. The van der Waals surface area contributed by atoms with Gasteiger partial charge in [0.15, 0.2) is 0 Å². The largest absolute Gasteiger partial charge is 0.342 e. The van der Waals surface area contributed by atoms with Crippen LogP contribution in [-0.2, 0) is 19.6 Å². The van der Waals surface area contributed by atoms with Gasteiger partial charge in [0.25, 0.3) is 0 Å². The van der Waals surface area contributed by atoms with Gasteiger partial charge in [-0.05, 0) is 38.1 Å². The lowest BCUT2D eigenvalue weighted by molar-refractivity contribution is -0.129. The van der Waals surface area contributed by atoms with Crippen molar-refractivity contribution in [2.24, 2.45) is 0 Å². The summed E-state index contributed by atoms with van der Waals surface area (Å²) in [6, 6.07) is 5.72. The Hall–Kier alpha value is -1.93. The van der Waals surface area contributed by atoms with Crippen LogP contribution in [0.15, 0.2) is 29.2 Å². The number of nitrogens with one attached hydrogen (secondary N) is 2. The SMILES string of the molecule is CCN(CC)C(=O)CNS(=O)(=O)c1ccc(NC(C)=O)cc1. The molecule has 122 valence electrons. The number of carbonyl (C=O) groups excluding carboxylic acids is 2. The normalized spacial score (nSPS) is 11.0. The van der Waals surface area contributed by atoms with Gasteiger partial charge in [0.2, 0.25) is 21.8 Å². The minimum atomic E-state index is -3.76. The molecule has 1 aromatic rings. The minimum absolute atomic E-state index is 0.0361. The average molecular weight is 327 g/mol. The fourth-order valence-corrected chi connectivity index (χ4v) is 2.82. The van der Waals surface area contributed by atoms with Crippen molar-refractivity contribution in [2.45, 2.75) is 25.7 Å². The summed E-state index contributed by atoms with van der Waals surface area (Å²) in [6.07, 6.45) is 0. The van der Waals surface area contributed by atoms with Crippen LogP contribution in [-0.4, -0.2) is 44.8 Å². The maximum Gasteiger partial charge on any atom is 0.241 e. The number of sulfonamides is 1. The van der Waals surface area contributed by atoms with Crippen molar-refractivity contribution < 1.29 is 18.0 Å². The van der Waals surface area contributed by atoms with E-state index >= 15 is 0 Å². The van der Waals surface area contributed by atoms with Crippen LogP contribution in [0.5, 0.6) is 0 Å². The van der Waals surface area contributed by atoms with E-state index in [0.717, 1.165) is 0 Å². The van der Waals surface area contributed by atoms with E-state index in [1.54, 1.807) is 4.90 Å². The Kier molecular flexibility index (Phi) is 6.51. The van der Waals surface area contributed by atoms with E-state index in [2.05, 4.69) is 10.0 Å². The number of anilines is 1. The molecule has 0 aliphatic carbocycles. The molecule has 0 spiro atoms. The highest BCUT2D eigenvalue weighted by atomic mass is 32.2. The van der Waals surface area contributed by atoms with Crippen molar-refractivity contribution in [1.82, 2.24) is 9.62 Å². The fourth-order valence-electron chi connectivity index (χ4n) is 1.85. The smallest absolute Gasteiger partial charge is 0.241 e. The Morgan fingerprint density at radius 2 is 1.64 bits per heavy atom. The number of rotatable bonds is 7. The zero-order valence-corrected chi connectivity index (χ0v) is 13.7. The van der Waals surface area contributed by atoms with Crippen LogP contribution in [0.3, 0.4) is 0 Å². The molecule has 0 fully saturated rings. The van der Waals surface area contributed by atoms with Crippen molar-refractivity contribution >= 4 is 27.5 Å². The molecule has 7 nitrogen and oxygen atoms in total. The molecule has 0 saturated heterocycles. The maximum absolute atomic E-state index is 12.1. The van der Waals surface area contributed by atoms with E-state index in [0.29, 0.717) is 18.8 Å². The Labute approximate surface area is 130 Å². The molecular formula is C14H21N3O4S. The van der Waals surface area contributed by atoms with E-state index in [9.17, 15) is 18.0 Å². The zero-order valence-electron chi connectivity index (χ0n) is 12.9. The van der Waals surface area contributed by atoms with Crippen molar-refractivity contribution in [3.05, 3.63) is 24.3 Å². The lowest BCUT2D eigenvalue weighted by Gasteiger charge is -2.18. The topological polar surface area (TPSA) is 95.6 Å². The third-order valence-corrected chi connectivity index (χ3v) is 4.43. The van der Waals surface area contributed by atoms with Gasteiger partial charge in [0, 0.05) is 25.7 Å². The van der Waals surface area contributed by atoms with Crippen LogP contribution < -0.4 is 10.0 Å². The Morgan fingerprint density at radius 1 is 1.09 bits per heavy atom. The molecule has 8 heteroatoms. The van der Waals surface area contributed by atoms with Gasteiger partial charge < -0.3 is 10.2 Å². The summed E-state index contributed by atoms with van der Waals surface area (Å²) in [4.78, 5) is 24.3. The van der Waals surface area contributed by atoms with Crippen molar-refractivity contribution in [2.75, 3.05) is 25.0 Å². The highest BCUT2D eigenvalue weighted by Crippen LogP contribution is 2.13. The van der Waals surface area contributed by atoms with Crippen LogP contribution in [0.1, 0.15) is 20.8 Å². The molecule has 0 saturated carbocycles. The maximum atomic E-state index is 12.1. The third-order valence-electron chi connectivity index (χ3n) is 3.01. The molecule has 2 amide bonds. The summed E-state index contributed by atoms with van der Waals surface area (Å²) in [5, 5.41) is 2.55. The van der Waals surface area contributed by atoms with Crippen LogP contribution in [0.2, 0.25) is 0 Å². The molecule has 0 aliphatic heterocycles. The van der Waals surface area contributed by atoms with Gasteiger partial charge in [-0.25, -0.2) is 13.1 Å². The summed E-state index contributed by atoms with van der Waals surface area (Å²) in [6.45, 7) is 5.81. The van der Waals surface area contributed by atoms with Gasteiger partial charge in [-0.1, -0.05) is 0 Å². The first kappa shape index (κ1) is 18.1. The van der Waals surface area contributed by atoms with E-state index in [4.69, 9.17) is 0 Å². The first-order valence-electron chi connectivity index (χ1n) is 6.95. The van der Waals surface area contributed by atoms with Crippen LogP contribution >= 0.6 is 0 Å². The molecule has 0 heterocycles. The Morgan fingerprint density at radius 3 is 2.09 bits per heavy atom. The van der Waals surface area contributed by atoms with Gasteiger partial charge >= 0.3 is 0 Å². The van der Waals surface area contributed by atoms with Crippen molar-refractivity contribution in [1.29, 1.82) is 0 Å². The van der Waals surface area contributed by atoms with E-state index in [-0.39, 0.29) is 23.3 Å². The number of benzene rings is 1. The van der Waals surface area contributed by atoms with Crippen LogP contribution in [0.4, 0.5) is 5.69 Å². The number of nitrogens with zero attached hydrogens (tertiary/aromatic N) is 1. The summed E-state index contributed by atoms with van der Waals surface area (Å²) < 4.78 is 26.5. The molecule has 1 aromatic carbocycles. The van der Waals surface area contributed by atoms with Gasteiger partial charge in [-0.2, -0.15) is 0 Å². The predicted molar refractivity (Wildman–Crippen MR) is 83.9 cm³/mol. The summed E-state index contributed by atoms with van der Waals surface area (Å²) in [7, 11) is -3.76. The Balaban J connectivity index is 2.74. The second-order valence-electron chi connectivity index (χ2n) is 4.60. The van der Waals surface area contributed by atoms with Crippen molar-refractivity contribution in [3.63, 3.8) is 0 Å². The number of likely N-dealkylation sites (N-methyl/N-ethyl adjacent to an activating group) is 1. The van der Waals surface area contributed by atoms with Crippen molar-refractivity contribution in [3.8, 4) is 0 Å². The lowest BCUT2D eigenvalue weighted by Crippen LogP contribution is -2.39. The zero-order chi connectivity index (χ0) is 16.8. The van der Waals surface area contributed by atoms with Gasteiger partial charge in [0.05, 0.1) is 11.4 Å². The quantitative estimate of drug-likeness (QED) is 0.774. The molecule has 2 N–H and O–H groups in total. The second-order valence-corrected chi connectivity index (χ2v) is 6.36. The lowest BCUT2D eigenvalue weighted by atomic mass is 10.3. The molecule has 0 atom stereocenters. The van der Waals surface area contributed by atoms with Crippen LogP contribution in [0.25, 0.3) is 0 Å². The van der Waals surface area contributed by atoms with Gasteiger partial charge in [0.1, 0.15) is 0 Å². The van der Waals surface area contributed by atoms with Gasteiger partial charge in [-0.15, -0.1) is 0 Å². The summed E-state index contributed by atoms with van der Waals surface area (Å²) >= 11 is 0. The summed E-state index contributed by atoms with van der Waals surface area (Å²) in [5.41, 5.74) is 0.505. The molecule has 0 aliphatic rings. The average Bonchev–Trinajstić information content (AvgIpc) is 2.46. The number of amides is 2. The Bertz CT molecular complexity index is 622. The molecular weight excluding hydrogens is 306 g/mol. The monoisotopic (exact) mass is 327 g/mol. The highest BCUT2D eigenvalue weighted by Gasteiger charge is 2.17. The first-order chi connectivity index (χ1) is 10.3. The van der Waals surface area contributed by atoms with E-state index in [1.807, 2.05) is 13.8 Å². The fraction of sp³-hybridized carbons (Fsp3) is 0.429. The van der Waals surface area contributed by atoms with Gasteiger partial charge in [-0.3, -0.25) is 9.59 Å². The molecule has 0 radical (unpaired) electrons. The van der Waals surface area contributed by atoms with E-state index in [1.165, 1.54) is 31.2 Å². The second kappa shape index (κ2) is 7.90. The summed E-state index contributed by atoms with van der Waals surface area (Å²) in [5.74, 6) is -0.512. The predicted octanol–water partition coefficient (Wildman–Crippen LogP) is 0.792. The number of carbonyl (C=O) groups is 2. The highest BCUT2D eigenvalue weighted by molar-refractivity contribution is 7.89. The van der Waals surface area contributed by atoms with E-state index < -0.39 is 10.0 Å². The number of hydrogen-bond donors (Lipinski definition) is 2. The van der Waals surface area contributed by atoms with Crippen LogP contribution in [0, 0.1) is 0 Å². The molecule has 0 aromatic heterocycles.